The molecule has 2 unspecified atom stereocenters. The number of aromatic nitrogens is 1. The number of nitrogens with one attached hydrogen (secondary N) is 4. The fraction of sp³-hybridized carbons (Fsp3) is 0.312. The molecule has 10 heteroatoms. The van der Waals surface area contributed by atoms with Crippen LogP contribution in [0.4, 0.5) is 0 Å². The van der Waals surface area contributed by atoms with Gasteiger partial charge in [-0.1, -0.05) is 74.9 Å². The zero-order chi connectivity index (χ0) is 30.9. The van der Waals surface area contributed by atoms with Crippen molar-refractivity contribution in [1.82, 2.24) is 26.3 Å². The summed E-state index contributed by atoms with van der Waals surface area (Å²) >= 11 is 0. The van der Waals surface area contributed by atoms with Crippen LogP contribution < -0.4 is 21.3 Å². The van der Waals surface area contributed by atoms with E-state index < -0.39 is 47.5 Å². The van der Waals surface area contributed by atoms with Crippen LogP contribution in [0.15, 0.2) is 85.1 Å². The summed E-state index contributed by atoms with van der Waals surface area (Å²) in [6.45, 7) is 7.15. The van der Waals surface area contributed by atoms with E-state index in [2.05, 4.69) is 40.1 Å². The molecule has 0 aliphatic heterocycles. The van der Waals surface area contributed by atoms with Crippen LogP contribution in [0.25, 0.3) is 0 Å². The lowest BCUT2D eigenvalue weighted by molar-refractivity contribution is -0.140. The van der Waals surface area contributed by atoms with Crippen molar-refractivity contribution in [2.75, 3.05) is 0 Å². The maximum absolute atomic E-state index is 13.1. The molecular weight excluding hydrogens is 534 g/mol. The highest BCUT2D eigenvalue weighted by atomic mass is 16.2. The van der Waals surface area contributed by atoms with E-state index in [0.29, 0.717) is 11.3 Å². The van der Waals surface area contributed by atoms with Gasteiger partial charge in [-0.05, 0) is 43.7 Å². The molecule has 0 bridgehead atoms. The van der Waals surface area contributed by atoms with Crippen molar-refractivity contribution in [2.45, 2.75) is 65.2 Å². The molecule has 3 aromatic rings. The third kappa shape index (κ3) is 11.3. The third-order valence-corrected chi connectivity index (χ3v) is 5.82. The van der Waals surface area contributed by atoms with E-state index in [9.17, 15) is 24.0 Å². The van der Waals surface area contributed by atoms with Crippen LogP contribution in [0.1, 0.15) is 55.7 Å². The number of hydrogen-bond acceptors (Lipinski definition) is 6. The zero-order valence-corrected chi connectivity index (χ0v) is 24.4. The smallest absolute Gasteiger partial charge is 0.289 e. The highest BCUT2D eigenvalue weighted by Gasteiger charge is 2.28. The Morgan fingerprint density at radius 2 is 1.29 bits per heavy atom. The molecule has 0 saturated heterocycles. The summed E-state index contributed by atoms with van der Waals surface area (Å²) in [5.74, 6) is -3.36. The van der Waals surface area contributed by atoms with Crippen molar-refractivity contribution in [2.24, 2.45) is 0 Å². The Balaban J connectivity index is 0.00000197. The molecule has 0 spiro atoms. The molecule has 4 N–H and O–H groups in total. The lowest BCUT2D eigenvalue weighted by atomic mass is 10.0. The van der Waals surface area contributed by atoms with Crippen molar-refractivity contribution in [3.05, 3.63) is 102 Å². The highest BCUT2D eigenvalue weighted by molar-refractivity contribution is 6.38. The highest BCUT2D eigenvalue weighted by Crippen LogP contribution is 2.06. The first-order chi connectivity index (χ1) is 20.2. The second-order valence-electron chi connectivity index (χ2n) is 9.62. The van der Waals surface area contributed by atoms with Crippen molar-refractivity contribution in [1.29, 1.82) is 0 Å². The molecule has 222 valence electrons. The minimum absolute atomic E-state index is 0.0655. The molecule has 1 heterocycles. The van der Waals surface area contributed by atoms with Crippen molar-refractivity contribution in [3.63, 3.8) is 0 Å². The minimum Gasteiger partial charge on any atom is -0.344 e. The first-order valence-corrected chi connectivity index (χ1v) is 13.9. The number of rotatable bonds is 12. The molecular formula is C32H39N5O5. The molecule has 0 radical (unpaired) electrons. The molecule has 0 saturated carbocycles. The number of Topliss-reactive ketones (excluding diaryl/α,β-unsaturated/α-hetero) is 1. The normalized spacial score (nSPS) is 12.3. The van der Waals surface area contributed by atoms with Gasteiger partial charge in [-0.15, -0.1) is 0 Å². The number of carbonyl (C=O) groups is 5. The standard InChI is InChI=1S/C29H31N5O5.C3H8/c1-19(25(35)29(39)31-18-23-15-9-10-16-30-23)32-26(36)20(2)33-28(38)24(17-21-11-5-3-6-12-21)34-27(37)22-13-7-4-8-14-22;1-3-2/h3-16,19-20,24H,17-18H2,1-2H3,(H,31,39)(H,32,36)(H,33,38)(H,34,37);3H2,1-2H3/t19?,20?,24-;/m0./s1. The lowest BCUT2D eigenvalue weighted by Crippen LogP contribution is -2.55. The Bertz CT molecular complexity index is 1300. The summed E-state index contributed by atoms with van der Waals surface area (Å²) in [7, 11) is 0. The molecule has 0 fully saturated rings. The van der Waals surface area contributed by atoms with Crippen LogP contribution in [0.5, 0.6) is 0 Å². The monoisotopic (exact) mass is 573 g/mol. The average molecular weight is 574 g/mol. The zero-order valence-electron chi connectivity index (χ0n) is 24.4. The van der Waals surface area contributed by atoms with Crippen molar-refractivity contribution < 1.29 is 24.0 Å². The van der Waals surface area contributed by atoms with Gasteiger partial charge in [0.1, 0.15) is 12.1 Å². The predicted octanol–water partition coefficient (Wildman–Crippen LogP) is 2.73. The van der Waals surface area contributed by atoms with E-state index >= 15 is 0 Å². The number of carbonyl (C=O) groups excluding carboxylic acids is 5. The summed E-state index contributed by atoms with van der Waals surface area (Å²) in [5.41, 5.74) is 1.79. The molecule has 0 aliphatic rings. The number of pyridine rings is 1. The van der Waals surface area contributed by atoms with Crippen LogP contribution >= 0.6 is 0 Å². The maximum atomic E-state index is 13.1. The number of nitrogens with zero attached hydrogens (tertiary/aromatic N) is 1. The topological polar surface area (TPSA) is 146 Å². The number of ketones is 1. The summed E-state index contributed by atoms with van der Waals surface area (Å²) in [6.07, 6.45) is 3.02. The van der Waals surface area contributed by atoms with Crippen LogP contribution in [0, 0.1) is 0 Å². The third-order valence-electron chi connectivity index (χ3n) is 5.82. The fourth-order valence-corrected chi connectivity index (χ4v) is 3.63. The van der Waals surface area contributed by atoms with E-state index in [4.69, 9.17) is 0 Å². The molecule has 2 aromatic carbocycles. The molecule has 42 heavy (non-hydrogen) atoms. The molecule has 4 amide bonds. The van der Waals surface area contributed by atoms with Gasteiger partial charge >= 0.3 is 0 Å². The van der Waals surface area contributed by atoms with Crippen molar-refractivity contribution in [3.8, 4) is 0 Å². The first kappa shape index (κ1) is 33.3. The number of amides is 4. The second kappa shape index (κ2) is 17.8. The Morgan fingerprint density at radius 3 is 1.88 bits per heavy atom. The maximum Gasteiger partial charge on any atom is 0.289 e. The summed E-state index contributed by atoms with van der Waals surface area (Å²) in [5, 5.41) is 10.2. The van der Waals surface area contributed by atoms with E-state index in [1.807, 2.05) is 30.3 Å². The fourth-order valence-electron chi connectivity index (χ4n) is 3.63. The van der Waals surface area contributed by atoms with Gasteiger partial charge in [-0.25, -0.2) is 0 Å². The summed E-state index contributed by atoms with van der Waals surface area (Å²) in [4.78, 5) is 67.3. The van der Waals surface area contributed by atoms with Gasteiger partial charge in [0.05, 0.1) is 18.3 Å². The van der Waals surface area contributed by atoms with Gasteiger partial charge in [0.2, 0.25) is 17.6 Å². The Morgan fingerprint density at radius 1 is 0.714 bits per heavy atom. The Kier molecular flexibility index (Phi) is 14.1. The Labute approximate surface area is 246 Å². The van der Waals surface area contributed by atoms with Crippen molar-refractivity contribution >= 4 is 29.4 Å². The van der Waals surface area contributed by atoms with Gasteiger partial charge in [-0.3, -0.25) is 29.0 Å². The van der Waals surface area contributed by atoms with Crippen LogP contribution in [-0.2, 0) is 32.1 Å². The van der Waals surface area contributed by atoms with Gasteiger partial charge in [0.25, 0.3) is 11.8 Å². The minimum atomic E-state index is -1.13. The first-order valence-electron chi connectivity index (χ1n) is 13.9. The number of benzene rings is 2. The SMILES string of the molecule is CC(NC(=O)[C@H](Cc1ccccc1)NC(=O)c1ccccc1)C(=O)NC(C)C(=O)C(=O)NCc1ccccn1.CCC. The predicted molar refractivity (Wildman–Crippen MR) is 160 cm³/mol. The van der Waals surface area contributed by atoms with Gasteiger partial charge in [-0.2, -0.15) is 0 Å². The lowest BCUT2D eigenvalue weighted by Gasteiger charge is -2.22. The number of hydrogen-bond donors (Lipinski definition) is 4. The second-order valence-corrected chi connectivity index (χ2v) is 9.62. The van der Waals surface area contributed by atoms with E-state index in [1.54, 1.807) is 54.7 Å². The molecule has 0 aliphatic carbocycles. The van der Waals surface area contributed by atoms with E-state index in [0.717, 1.165) is 5.56 Å². The van der Waals surface area contributed by atoms with E-state index in [1.165, 1.54) is 20.3 Å². The van der Waals surface area contributed by atoms with Gasteiger partial charge < -0.3 is 21.3 Å². The molecule has 3 atom stereocenters. The molecule has 3 rings (SSSR count). The molecule has 10 nitrogen and oxygen atoms in total. The van der Waals surface area contributed by atoms with Crippen LogP contribution in [0.2, 0.25) is 0 Å². The van der Waals surface area contributed by atoms with Gasteiger partial charge in [0, 0.05) is 18.2 Å². The van der Waals surface area contributed by atoms with Crippen LogP contribution in [0.3, 0.4) is 0 Å². The summed E-state index contributed by atoms with van der Waals surface area (Å²) < 4.78 is 0. The quantitative estimate of drug-likeness (QED) is 0.245. The van der Waals surface area contributed by atoms with Gasteiger partial charge in [0.15, 0.2) is 0 Å². The Hall–Kier alpha value is -4.86. The summed E-state index contributed by atoms with van der Waals surface area (Å²) in [6, 6.07) is 19.7. The average Bonchev–Trinajstić information content (AvgIpc) is 3.00. The molecule has 1 aromatic heterocycles. The largest absolute Gasteiger partial charge is 0.344 e. The van der Waals surface area contributed by atoms with Crippen LogP contribution in [-0.4, -0.2) is 52.5 Å². The van der Waals surface area contributed by atoms with E-state index in [-0.39, 0.29) is 13.0 Å².